The minimum absolute atomic E-state index is 0.324. The summed E-state index contributed by atoms with van der Waals surface area (Å²) in [5.41, 5.74) is 1.10. The molecule has 0 aliphatic carbocycles. The van der Waals surface area contributed by atoms with Crippen LogP contribution in [0.4, 0.5) is 0 Å². The minimum atomic E-state index is 0.324. The molecule has 0 saturated carbocycles. The van der Waals surface area contributed by atoms with Gasteiger partial charge in [0, 0.05) is 11.6 Å². The Morgan fingerprint density at radius 1 is 1.58 bits per heavy atom. The normalized spacial score (nSPS) is 10.2. The van der Waals surface area contributed by atoms with Crippen molar-refractivity contribution in [3.63, 3.8) is 0 Å². The molecule has 0 fully saturated rings. The van der Waals surface area contributed by atoms with Crippen molar-refractivity contribution in [3.05, 3.63) is 34.3 Å². The summed E-state index contributed by atoms with van der Waals surface area (Å²) in [5.74, 6) is 0. The van der Waals surface area contributed by atoms with Gasteiger partial charge in [0.25, 0.3) is 0 Å². The van der Waals surface area contributed by atoms with E-state index >= 15 is 0 Å². The first-order valence-corrected chi connectivity index (χ1v) is 4.35. The molecule has 0 spiro atoms. The highest BCUT2D eigenvalue weighted by Gasteiger charge is 1.96. The highest BCUT2D eigenvalue weighted by molar-refractivity contribution is 9.10. The van der Waals surface area contributed by atoms with Crippen LogP contribution in [0.2, 0.25) is 0 Å². The molecule has 0 amide bonds. The zero-order valence-corrected chi connectivity index (χ0v) is 8.43. The van der Waals surface area contributed by atoms with Crippen molar-refractivity contribution in [1.29, 1.82) is 0 Å². The van der Waals surface area contributed by atoms with Crippen LogP contribution in [0.15, 0.2) is 22.7 Å². The molecule has 0 saturated heterocycles. The van der Waals surface area contributed by atoms with Gasteiger partial charge in [-0.25, -0.2) is 0 Å². The molecule has 3 heteroatoms. The van der Waals surface area contributed by atoms with Gasteiger partial charge in [-0.3, -0.25) is 0 Å². The maximum absolute atomic E-state index is 5.18. The lowest BCUT2D eigenvalue weighted by atomic mass is 10.2. The first kappa shape index (κ1) is 9.71. The molecule has 1 aromatic carbocycles. The Hall–Kier alpha value is -0.380. The van der Waals surface area contributed by atoms with Gasteiger partial charge in [0.1, 0.15) is 6.79 Å². The van der Waals surface area contributed by atoms with Gasteiger partial charge < -0.3 is 9.47 Å². The predicted octanol–water partition coefficient (Wildman–Crippen LogP) is 2.37. The van der Waals surface area contributed by atoms with Crippen LogP contribution in [-0.4, -0.2) is 13.9 Å². The molecule has 0 bridgehead atoms. The van der Waals surface area contributed by atoms with Gasteiger partial charge in [0.15, 0.2) is 0 Å². The van der Waals surface area contributed by atoms with Crippen molar-refractivity contribution in [2.45, 2.75) is 6.61 Å². The lowest BCUT2D eigenvalue weighted by molar-refractivity contribution is -0.0392. The summed E-state index contributed by atoms with van der Waals surface area (Å²) in [6.07, 6.45) is 0. The molecule has 1 rings (SSSR count). The smallest absolute Gasteiger partial charge is 0.146 e. The number of hydrogen-bond donors (Lipinski definition) is 0. The van der Waals surface area contributed by atoms with Gasteiger partial charge in [-0.1, -0.05) is 28.1 Å². The fourth-order valence-corrected chi connectivity index (χ4v) is 1.17. The molecule has 0 aliphatic rings. The van der Waals surface area contributed by atoms with Crippen molar-refractivity contribution < 1.29 is 9.47 Å². The van der Waals surface area contributed by atoms with E-state index in [0.717, 1.165) is 10.0 Å². The summed E-state index contributed by atoms with van der Waals surface area (Å²) in [6.45, 7) is 0.883. The Labute approximate surface area is 80.6 Å². The lowest BCUT2D eigenvalue weighted by Crippen LogP contribution is -1.97. The molecule has 2 nitrogen and oxygen atoms in total. The van der Waals surface area contributed by atoms with E-state index in [0.29, 0.717) is 13.4 Å². The summed E-state index contributed by atoms with van der Waals surface area (Å²) < 4.78 is 11.0. The van der Waals surface area contributed by atoms with Crippen molar-refractivity contribution in [3.8, 4) is 0 Å². The average Bonchev–Trinajstić information content (AvgIpc) is 2.09. The van der Waals surface area contributed by atoms with Crippen LogP contribution in [0.5, 0.6) is 0 Å². The van der Waals surface area contributed by atoms with Crippen molar-refractivity contribution >= 4 is 15.9 Å². The van der Waals surface area contributed by atoms with E-state index in [4.69, 9.17) is 9.47 Å². The van der Waals surface area contributed by atoms with Crippen LogP contribution in [-0.2, 0) is 16.1 Å². The van der Waals surface area contributed by atoms with E-state index in [1.807, 2.05) is 18.2 Å². The summed E-state index contributed by atoms with van der Waals surface area (Å²) in [6, 6.07) is 8.64. The third kappa shape index (κ3) is 2.93. The Morgan fingerprint density at radius 3 is 3.08 bits per heavy atom. The van der Waals surface area contributed by atoms with Crippen LogP contribution in [0.3, 0.4) is 0 Å². The molecule has 0 heterocycles. The molecule has 12 heavy (non-hydrogen) atoms. The van der Waals surface area contributed by atoms with E-state index < -0.39 is 0 Å². The maximum Gasteiger partial charge on any atom is 0.146 e. The standard InChI is InChI=1S/C9H10BrO2/c1-11-7-12-6-8-4-2-3-5-9(8)10/h2,4-5H,6-7H2,1H3. The van der Waals surface area contributed by atoms with Gasteiger partial charge >= 0.3 is 0 Å². The fraction of sp³-hybridized carbons (Fsp3) is 0.333. The van der Waals surface area contributed by atoms with Gasteiger partial charge in [0.05, 0.1) is 6.61 Å². The van der Waals surface area contributed by atoms with E-state index in [-0.39, 0.29) is 0 Å². The average molecular weight is 230 g/mol. The highest BCUT2D eigenvalue weighted by atomic mass is 79.9. The molecule has 0 aromatic heterocycles. The predicted molar refractivity (Wildman–Crippen MR) is 49.6 cm³/mol. The third-order valence-corrected chi connectivity index (χ3v) is 2.09. The summed E-state index contributed by atoms with van der Waals surface area (Å²) in [4.78, 5) is 0. The molecule has 0 unspecified atom stereocenters. The van der Waals surface area contributed by atoms with E-state index in [1.54, 1.807) is 7.11 Å². The van der Waals surface area contributed by atoms with Crippen LogP contribution >= 0.6 is 15.9 Å². The van der Waals surface area contributed by atoms with Crippen molar-refractivity contribution in [1.82, 2.24) is 0 Å². The van der Waals surface area contributed by atoms with E-state index in [9.17, 15) is 0 Å². The van der Waals surface area contributed by atoms with Gasteiger partial charge in [-0.2, -0.15) is 0 Å². The number of halogens is 1. The molecular formula is C9H10BrO2. The number of hydrogen-bond acceptors (Lipinski definition) is 2. The quantitative estimate of drug-likeness (QED) is 0.584. The second kappa shape index (κ2) is 5.30. The molecule has 1 radical (unpaired) electrons. The lowest BCUT2D eigenvalue weighted by Gasteiger charge is -2.04. The SMILES string of the molecule is COCOCc1cc[c]cc1Br. The van der Waals surface area contributed by atoms with Crippen LogP contribution in [0.1, 0.15) is 5.56 Å². The Morgan fingerprint density at radius 2 is 2.42 bits per heavy atom. The van der Waals surface area contributed by atoms with Gasteiger partial charge in [-0.05, 0) is 17.7 Å². The fourth-order valence-electron chi connectivity index (χ4n) is 0.794. The zero-order chi connectivity index (χ0) is 8.81. The number of benzene rings is 1. The minimum Gasteiger partial charge on any atom is -0.359 e. The Balaban J connectivity index is 2.46. The molecule has 1 aromatic rings. The monoisotopic (exact) mass is 229 g/mol. The molecule has 0 N–H and O–H groups in total. The maximum atomic E-state index is 5.18. The molecule has 0 atom stereocenters. The second-order valence-corrected chi connectivity index (χ2v) is 3.13. The largest absolute Gasteiger partial charge is 0.359 e. The van der Waals surface area contributed by atoms with Gasteiger partial charge in [-0.15, -0.1) is 0 Å². The van der Waals surface area contributed by atoms with E-state index in [1.165, 1.54) is 0 Å². The summed E-state index contributed by atoms with van der Waals surface area (Å²) in [7, 11) is 1.60. The molecule has 0 aliphatic heterocycles. The van der Waals surface area contributed by atoms with Crippen LogP contribution in [0.25, 0.3) is 0 Å². The van der Waals surface area contributed by atoms with Crippen molar-refractivity contribution in [2.24, 2.45) is 0 Å². The molecular weight excluding hydrogens is 220 g/mol. The van der Waals surface area contributed by atoms with Crippen LogP contribution in [0, 0.1) is 6.07 Å². The Bertz CT molecular complexity index is 238. The third-order valence-electron chi connectivity index (χ3n) is 1.36. The Kier molecular flexibility index (Phi) is 4.29. The van der Waals surface area contributed by atoms with Gasteiger partial charge in [0.2, 0.25) is 0 Å². The van der Waals surface area contributed by atoms with Crippen LogP contribution < -0.4 is 0 Å². The summed E-state index contributed by atoms with van der Waals surface area (Å²) >= 11 is 3.40. The van der Waals surface area contributed by atoms with E-state index in [2.05, 4.69) is 22.0 Å². The first-order valence-electron chi connectivity index (χ1n) is 3.55. The molecule has 65 valence electrons. The summed E-state index contributed by atoms with van der Waals surface area (Å²) in [5, 5.41) is 0. The number of ether oxygens (including phenoxy) is 2. The zero-order valence-electron chi connectivity index (χ0n) is 6.84. The van der Waals surface area contributed by atoms with Crippen molar-refractivity contribution in [2.75, 3.05) is 13.9 Å². The second-order valence-electron chi connectivity index (χ2n) is 2.27. The highest BCUT2D eigenvalue weighted by Crippen LogP contribution is 2.15. The topological polar surface area (TPSA) is 18.5 Å². The first-order chi connectivity index (χ1) is 5.84. The number of rotatable bonds is 4. The number of methoxy groups -OCH3 is 1.